The third-order valence-corrected chi connectivity index (χ3v) is 10.9. The van der Waals surface area contributed by atoms with E-state index < -0.39 is 5.41 Å². The molecule has 0 saturated heterocycles. The summed E-state index contributed by atoms with van der Waals surface area (Å²) in [6.07, 6.45) is 2.14. The molecule has 0 amide bonds. The lowest BCUT2D eigenvalue weighted by Gasteiger charge is -2.46. The number of allylic oxidation sites excluding steroid dienone is 1. The number of benzene rings is 7. The molecule has 4 nitrogen and oxygen atoms in total. The fourth-order valence-corrected chi connectivity index (χ4v) is 8.22. The van der Waals surface area contributed by atoms with E-state index in [4.69, 9.17) is 4.74 Å². The van der Waals surface area contributed by atoms with E-state index in [9.17, 15) is 5.11 Å². The predicted molar refractivity (Wildman–Crippen MR) is 224 cm³/mol. The van der Waals surface area contributed by atoms with E-state index in [1.165, 1.54) is 6.26 Å². The molecule has 1 heterocycles. The summed E-state index contributed by atoms with van der Waals surface area (Å²) in [6, 6.07) is 63.8. The summed E-state index contributed by atoms with van der Waals surface area (Å²) >= 11 is 0. The quantitative estimate of drug-likeness (QED) is 0.144. The van der Waals surface area contributed by atoms with Gasteiger partial charge in [0.2, 0.25) is 0 Å². The van der Waals surface area contributed by atoms with Gasteiger partial charge in [0.25, 0.3) is 0 Å². The van der Waals surface area contributed by atoms with Crippen molar-refractivity contribution in [1.29, 1.82) is 0 Å². The van der Waals surface area contributed by atoms with Gasteiger partial charge in [-0.15, -0.1) is 0 Å². The fraction of sp³-hybridized carbons (Fsp3) is 0.120. The number of anilines is 6. The van der Waals surface area contributed by atoms with Gasteiger partial charge in [0, 0.05) is 57.4 Å². The Hall–Kier alpha value is -6.52. The first-order chi connectivity index (χ1) is 26.5. The number of para-hydroxylation sites is 4. The predicted octanol–water partition coefficient (Wildman–Crippen LogP) is 14.0. The molecule has 0 bridgehead atoms. The lowest BCUT2D eigenvalue weighted by molar-refractivity contribution is 0.338. The molecule has 8 rings (SSSR count). The van der Waals surface area contributed by atoms with Gasteiger partial charge < -0.3 is 19.6 Å². The van der Waals surface area contributed by atoms with E-state index in [-0.39, 0.29) is 5.92 Å². The van der Waals surface area contributed by atoms with Crippen LogP contribution in [0.3, 0.4) is 0 Å². The van der Waals surface area contributed by atoms with Crippen LogP contribution in [0, 0.1) is 5.92 Å². The van der Waals surface area contributed by atoms with Gasteiger partial charge in [-0.3, -0.25) is 0 Å². The van der Waals surface area contributed by atoms with Crippen molar-refractivity contribution in [2.45, 2.75) is 32.6 Å². The van der Waals surface area contributed by atoms with Crippen LogP contribution in [0.1, 0.15) is 49.4 Å². The molecule has 1 unspecified atom stereocenters. The highest BCUT2D eigenvalue weighted by atomic mass is 16.5. The summed E-state index contributed by atoms with van der Waals surface area (Å²) in [5.74, 6) is 1.77. The Labute approximate surface area is 318 Å². The molecule has 1 N–H and O–H groups in total. The summed E-state index contributed by atoms with van der Waals surface area (Å²) < 4.78 is 7.18. The maximum atomic E-state index is 10.4. The van der Waals surface area contributed by atoms with Crippen LogP contribution in [0.2, 0.25) is 0 Å². The Bertz CT molecular complexity index is 2180. The van der Waals surface area contributed by atoms with E-state index in [0.717, 1.165) is 79.9 Å². The molecule has 0 aliphatic carbocycles. The molecule has 0 fully saturated rings. The van der Waals surface area contributed by atoms with E-state index in [0.29, 0.717) is 0 Å². The maximum absolute atomic E-state index is 10.4. The monoisotopic (exact) mass is 704 g/mol. The standard InChI is InChI=1S/C50H44N2O2/c1-4-37(3)50(45-28-18-17-27-44(45)36(2)35-53)46-31-29-42(51(38-19-9-5-10-20-38)39-21-11-6-12-22-39)33-48(46)54-49-34-43(30-32-47(49)50)52(40-23-13-7-14-24-40)41-25-15-8-16-26-41/h5-35,37,53H,4H2,1-3H3. The smallest absolute Gasteiger partial charge is 0.133 e. The summed E-state index contributed by atoms with van der Waals surface area (Å²) in [6.45, 7) is 6.59. The molecule has 0 spiro atoms. The van der Waals surface area contributed by atoms with E-state index >= 15 is 0 Å². The van der Waals surface area contributed by atoms with Gasteiger partial charge in [-0.25, -0.2) is 0 Å². The first kappa shape index (κ1) is 34.6. The normalized spacial score (nSPS) is 13.6. The number of fused-ring (bicyclic) bond motifs is 2. The number of aliphatic hydroxyl groups excluding tert-OH is 1. The minimum atomic E-state index is -0.607. The van der Waals surface area contributed by atoms with Gasteiger partial charge in [0.1, 0.15) is 11.5 Å². The zero-order valence-corrected chi connectivity index (χ0v) is 30.9. The second-order valence-corrected chi connectivity index (χ2v) is 14.0. The van der Waals surface area contributed by atoms with Gasteiger partial charge >= 0.3 is 0 Å². The molecular formula is C50H44N2O2. The molecule has 54 heavy (non-hydrogen) atoms. The summed E-state index contributed by atoms with van der Waals surface area (Å²) in [5, 5.41) is 10.4. The summed E-state index contributed by atoms with van der Waals surface area (Å²) in [4.78, 5) is 4.55. The number of nitrogens with zero attached hydrogens (tertiary/aromatic N) is 2. The topological polar surface area (TPSA) is 35.9 Å². The molecule has 0 aromatic heterocycles. The van der Waals surface area contributed by atoms with Crippen molar-refractivity contribution in [3.8, 4) is 11.5 Å². The van der Waals surface area contributed by atoms with Crippen molar-refractivity contribution in [3.05, 3.63) is 211 Å². The molecule has 1 aliphatic heterocycles. The fourth-order valence-electron chi connectivity index (χ4n) is 8.22. The van der Waals surface area contributed by atoms with Crippen LogP contribution in [-0.2, 0) is 5.41 Å². The lowest BCUT2D eigenvalue weighted by Crippen LogP contribution is -2.40. The molecule has 1 atom stereocenters. The Morgan fingerprint density at radius 2 is 0.926 bits per heavy atom. The average Bonchev–Trinajstić information content (AvgIpc) is 3.24. The van der Waals surface area contributed by atoms with Gasteiger partial charge in [-0.1, -0.05) is 129 Å². The third-order valence-electron chi connectivity index (χ3n) is 10.9. The molecule has 0 radical (unpaired) electrons. The van der Waals surface area contributed by atoms with E-state index in [1.807, 2.05) is 31.2 Å². The van der Waals surface area contributed by atoms with Crippen LogP contribution in [0.25, 0.3) is 5.57 Å². The number of hydrogen-bond acceptors (Lipinski definition) is 4. The van der Waals surface area contributed by atoms with Crippen molar-refractivity contribution < 1.29 is 9.84 Å². The highest BCUT2D eigenvalue weighted by Crippen LogP contribution is 2.59. The second-order valence-electron chi connectivity index (χ2n) is 14.0. The second kappa shape index (κ2) is 14.8. The van der Waals surface area contributed by atoms with Crippen LogP contribution in [0.5, 0.6) is 11.5 Å². The molecule has 7 aromatic carbocycles. The van der Waals surface area contributed by atoms with Gasteiger partial charge in [-0.05, 0) is 90.2 Å². The maximum Gasteiger partial charge on any atom is 0.133 e. The number of ether oxygens (including phenoxy) is 1. The molecule has 7 aromatic rings. The zero-order chi connectivity index (χ0) is 37.1. The Balaban J connectivity index is 1.41. The highest BCUT2D eigenvalue weighted by molar-refractivity contribution is 5.82. The van der Waals surface area contributed by atoms with Crippen molar-refractivity contribution in [2.75, 3.05) is 9.80 Å². The van der Waals surface area contributed by atoms with Gasteiger partial charge in [-0.2, -0.15) is 0 Å². The van der Waals surface area contributed by atoms with Crippen molar-refractivity contribution in [3.63, 3.8) is 0 Å². The van der Waals surface area contributed by atoms with Crippen molar-refractivity contribution >= 4 is 39.7 Å². The average molecular weight is 705 g/mol. The first-order valence-corrected chi connectivity index (χ1v) is 18.7. The minimum absolute atomic E-state index is 0.155. The number of rotatable bonds is 10. The number of aliphatic hydroxyl groups is 1. The highest BCUT2D eigenvalue weighted by Gasteiger charge is 2.48. The first-order valence-electron chi connectivity index (χ1n) is 18.7. The Morgan fingerprint density at radius 3 is 1.31 bits per heavy atom. The SMILES string of the molecule is CCC(C)C1(c2ccccc2C(C)=CO)c2ccc(N(c3ccccc3)c3ccccc3)cc2Oc2cc(N(c3ccccc3)c3ccccc3)ccc21. The van der Waals surface area contributed by atoms with Crippen LogP contribution in [0.4, 0.5) is 34.1 Å². The van der Waals surface area contributed by atoms with Crippen LogP contribution in [0.15, 0.2) is 188 Å². The largest absolute Gasteiger partial charge is 0.515 e. The van der Waals surface area contributed by atoms with Crippen LogP contribution < -0.4 is 14.5 Å². The van der Waals surface area contributed by atoms with E-state index in [1.54, 1.807) is 0 Å². The minimum Gasteiger partial charge on any atom is -0.515 e. The van der Waals surface area contributed by atoms with Gasteiger partial charge in [0.05, 0.1) is 11.7 Å². The molecular weight excluding hydrogens is 661 g/mol. The van der Waals surface area contributed by atoms with Crippen molar-refractivity contribution in [2.24, 2.45) is 5.92 Å². The third kappa shape index (κ3) is 6.00. The molecule has 0 saturated carbocycles. The zero-order valence-electron chi connectivity index (χ0n) is 30.9. The lowest BCUT2D eigenvalue weighted by atomic mass is 9.59. The summed E-state index contributed by atoms with van der Waals surface area (Å²) in [5.41, 5.74) is 10.8. The van der Waals surface area contributed by atoms with Crippen LogP contribution >= 0.6 is 0 Å². The molecule has 1 aliphatic rings. The van der Waals surface area contributed by atoms with Crippen molar-refractivity contribution in [1.82, 2.24) is 0 Å². The summed E-state index contributed by atoms with van der Waals surface area (Å²) in [7, 11) is 0. The Morgan fingerprint density at radius 1 is 0.537 bits per heavy atom. The van der Waals surface area contributed by atoms with Gasteiger partial charge in [0.15, 0.2) is 0 Å². The van der Waals surface area contributed by atoms with Crippen LogP contribution in [-0.4, -0.2) is 5.11 Å². The Kier molecular flexibility index (Phi) is 9.50. The molecule has 266 valence electrons. The molecule has 4 heteroatoms. The number of hydrogen-bond donors (Lipinski definition) is 1. The van der Waals surface area contributed by atoms with E-state index in [2.05, 4.69) is 181 Å².